The second kappa shape index (κ2) is 21.6. The molecule has 0 spiro atoms. The molecule has 58 heavy (non-hydrogen) atoms. The monoisotopic (exact) mass is 841 g/mol. The molecule has 330 valence electrons. The summed E-state index contributed by atoms with van der Waals surface area (Å²) in [6.07, 6.45) is 2.29. The van der Waals surface area contributed by atoms with Crippen molar-refractivity contribution in [3.05, 3.63) is 29.8 Å². The van der Waals surface area contributed by atoms with Crippen LogP contribution in [-0.2, 0) is 30.3 Å². The Morgan fingerprint density at radius 1 is 0.931 bits per heavy atom. The van der Waals surface area contributed by atoms with Crippen molar-refractivity contribution in [2.45, 2.75) is 161 Å². The van der Waals surface area contributed by atoms with Crippen LogP contribution < -0.4 is 16.0 Å². The van der Waals surface area contributed by atoms with Gasteiger partial charge in [-0.05, 0) is 127 Å². The smallest absolute Gasteiger partial charge is 0.461 e. The van der Waals surface area contributed by atoms with Crippen molar-refractivity contribution in [2.24, 2.45) is 28.1 Å². The van der Waals surface area contributed by atoms with Gasteiger partial charge in [0.15, 0.2) is 0 Å². The van der Waals surface area contributed by atoms with Crippen LogP contribution in [0.5, 0.6) is 0 Å². The van der Waals surface area contributed by atoms with E-state index in [0.717, 1.165) is 61.9 Å². The summed E-state index contributed by atoms with van der Waals surface area (Å²) in [4.78, 5) is 49.8. The number of alkyl carbamates (subject to hydrolysis) is 1. The number of carbonyl (C=O) groups excluding carboxylic acids is 4. The number of carbonyl (C=O) groups is 4. The van der Waals surface area contributed by atoms with Crippen LogP contribution in [-0.4, -0.2) is 84.8 Å². The van der Waals surface area contributed by atoms with Crippen LogP contribution >= 0.6 is 11.8 Å². The summed E-state index contributed by atoms with van der Waals surface area (Å²) >= 11 is 1.35. The maximum Gasteiger partial charge on any atom is 0.471 e. The van der Waals surface area contributed by atoms with Crippen LogP contribution in [0.3, 0.4) is 0 Å². The number of rotatable bonds is 20. The van der Waals surface area contributed by atoms with Gasteiger partial charge in [0.05, 0.1) is 11.9 Å². The number of Topliss-reactive ketones (excluding diaryl/α,β-unsaturated/α-hetero) is 1. The zero-order chi connectivity index (χ0) is 43.4. The zero-order valence-electron chi connectivity index (χ0n) is 36.1. The lowest BCUT2D eigenvalue weighted by molar-refractivity contribution is -0.192. The standard InChI is InChI=1S/C44H70F3N3O7S/c1-30-19-21-43(22-20-31(2)51)28-42(30,8)35(56-36(52)27-58-34-17-15-33(16-18-34)14-13-25-49-38(54)44(45,46)47)26-41(7,37(53)32(43)3)29-48-23-11-9-10-12-24-50-39(55)57-40(4,5)6/h15-18,30,32,35,37,48,53H,9-14,19-29H2,1-8H3,(H,49,54)(H,50,55)/t30-,32+,35-,37+,41-,42+,43-/m1/s1. The molecule has 2 fully saturated rings. The van der Waals surface area contributed by atoms with Crippen LogP contribution in [0.25, 0.3) is 0 Å². The molecule has 7 atom stereocenters. The number of aliphatic hydroxyl groups is 1. The number of alkyl halides is 3. The maximum absolute atomic E-state index is 13.7. The molecule has 1 aromatic carbocycles. The van der Waals surface area contributed by atoms with E-state index in [1.165, 1.54) is 11.8 Å². The van der Waals surface area contributed by atoms with Gasteiger partial charge in [-0.2, -0.15) is 13.2 Å². The molecule has 0 aliphatic heterocycles. The van der Waals surface area contributed by atoms with Crippen LogP contribution in [0, 0.1) is 28.1 Å². The van der Waals surface area contributed by atoms with E-state index >= 15 is 0 Å². The van der Waals surface area contributed by atoms with E-state index < -0.39 is 41.4 Å². The molecule has 2 saturated carbocycles. The summed E-state index contributed by atoms with van der Waals surface area (Å²) in [6, 6.07) is 7.47. The van der Waals surface area contributed by atoms with Gasteiger partial charge in [-0.1, -0.05) is 52.7 Å². The van der Waals surface area contributed by atoms with Crippen molar-refractivity contribution in [3.8, 4) is 0 Å². The predicted octanol–water partition coefficient (Wildman–Crippen LogP) is 8.57. The number of fused-ring (bicyclic) bond motifs is 2. The molecular formula is C44H70F3N3O7S. The third-order valence-corrected chi connectivity index (χ3v) is 13.7. The fraction of sp³-hybridized carbons (Fsp3) is 0.773. The lowest BCUT2D eigenvalue weighted by Gasteiger charge is -2.60. The highest BCUT2D eigenvalue weighted by molar-refractivity contribution is 8.00. The summed E-state index contributed by atoms with van der Waals surface area (Å²) < 4.78 is 49.1. The van der Waals surface area contributed by atoms with Gasteiger partial charge < -0.3 is 35.3 Å². The quantitative estimate of drug-likeness (QED) is 0.0577. The van der Waals surface area contributed by atoms with E-state index in [4.69, 9.17) is 9.47 Å². The molecule has 0 unspecified atom stereocenters. The minimum atomic E-state index is -4.90. The van der Waals surface area contributed by atoms with Crippen molar-refractivity contribution in [1.82, 2.24) is 16.0 Å². The van der Waals surface area contributed by atoms with E-state index in [0.29, 0.717) is 45.2 Å². The van der Waals surface area contributed by atoms with Crippen molar-refractivity contribution in [3.63, 3.8) is 0 Å². The Morgan fingerprint density at radius 2 is 1.57 bits per heavy atom. The topological polar surface area (TPSA) is 143 Å². The number of halogens is 3. The Balaban J connectivity index is 1.65. The van der Waals surface area contributed by atoms with Crippen LogP contribution in [0.15, 0.2) is 29.2 Å². The molecule has 2 amide bonds. The zero-order valence-corrected chi connectivity index (χ0v) is 36.9. The van der Waals surface area contributed by atoms with Crippen molar-refractivity contribution < 1.29 is 46.9 Å². The molecule has 2 aliphatic rings. The number of amides is 2. The summed E-state index contributed by atoms with van der Waals surface area (Å²) in [5, 5.41) is 20.6. The molecule has 10 nitrogen and oxygen atoms in total. The number of ether oxygens (including phenoxy) is 2. The first-order valence-electron chi connectivity index (χ1n) is 21.1. The molecular weight excluding hydrogens is 772 g/mol. The number of hydrogen-bond donors (Lipinski definition) is 4. The van der Waals surface area contributed by atoms with Crippen molar-refractivity contribution >= 4 is 35.5 Å². The molecule has 2 bridgehead atoms. The van der Waals surface area contributed by atoms with Crippen molar-refractivity contribution in [2.75, 3.05) is 31.9 Å². The predicted molar refractivity (Wildman–Crippen MR) is 221 cm³/mol. The number of aliphatic hydroxyl groups excluding tert-OH is 1. The highest BCUT2D eigenvalue weighted by atomic mass is 32.2. The summed E-state index contributed by atoms with van der Waals surface area (Å²) in [5.41, 5.74) is -0.910. The van der Waals surface area contributed by atoms with Gasteiger partial charge in [0, 0.05) is 41.8 Å². The largest absolute Gasteiger partial charge is 0.471 e. The molecule has 4 N–H and O–H groups in total. The number of aryl methyl sites for hydroxylation is 1. The molecule has 0 saturated heterocycles. The number of thioether (sulfide) groups is 1. The highest BCUT2D eigenvalue weighted by Crippen LogP contribution is 2.62. The average molecular weight is 842 g/mol. The number of nitrogens with one attached hydrogen (secondary N) is 3. The van der Waals surface area contributed by atoms with Gasteiger partial charge in [0.1, 0.15) is 17.5 Å². The lowest BCUT2D eigenvalue weighted by atomic mass is 9.47. The van der Waals surface area contributed by atoms with E-state index in [1.807, 2.05) is 50.4 Å². The molecule has 1 aromatic rings. The van der Waals surface area contributed by atoms with Gasteiger partial charge in [0.25, 0.3) is 0 Å². The van der Waals surface area contributed by atoms with Gasteiger partial charge in [0.2, 0.25) is 0 Å². The summed E-state index contributed by atoms with van der Waals surface area (Å²) in [7, 11) is 0. The van der Waals surface area contributed by atoms with Gasteiger partial charge in [-0.25, -0.2) is 4.79 Å². The van der Waals surface area contributed by atoms with Gasteiger partial charge in [-0.15, -0.1) is 11.8 Å². The molecule has 0 aromatic heterocycles. The maximum atomic E-state index is 13.7. The number of esters is 1. The van der Waals surface area contributed by atoms with Crippen LogP contribution in [0.1, 0.15) is 132 Å². The fourth-order valence-corrected chi connectivity index (χ4v) is 9.58. The molecule has 14 heteroatoms. The van der Waals surface area contributed by atoms with E-state index in [9.17, 15) is 37.5 Å². The molecule has 0 radical (unpaired) electrons. The fourth-order valence-electron chi connectivity index (χ4n) is 8.90. The number of hydrogen-bond acceptors (Lipinski definition) is 9. The SMILES string of the molecule is CC(=O)CC[C@]12CC[C@@H](C)[C@](C)(C1)[C@H](OC(=O)CSc1ccc(CCCNC(=O)C(F)(F)F)cc1)C[C@](C)(CNCCCCCCNC(=O)OC(C)(C)C)[C@@H](O)[C@@H]2C. The average Bonchev–Trinajstić information content (AvgIpc) is 3.13. The number of benzene rings is 1. The third-order valence-electron chi connectivity index (χ3n) is 12.7. The second-order valence-electron chi connectivity index (χ2n) is 18.6. The molecule has 3 rings (SSSR count). The normalized spacial score (nSPS) is 27.5. The third kappa shape index (κ3) is 15.0. The van der Waals surface area contributed by atoms with E-state index in [1.54, 1.807) is 6.92 Å². The van der Waals surface area contributed by atoms with E-state index in [-0.39, 0.29) is 46.7 Å². The second-order valence-corrected chi connectivity index (χ2v) is 19.6. The first kappa shape index (κ1) is 49.5. The van der Waals surface area contributed by atoms with Gasteiger partial charge in [-0.3, -0.25) is 9.59 Å². The summed E-state index contributed by atoms with van der Waals surface area (Å²) in [5.74, 6) is -1.89. The Bertz CT molecular complexity index is 1510. The molecule has 2 aliphatic carbocycles. The minimum Gasteiger partial charge on any atom is -0.461 e. The Kier molecular flexibility index (Phi) is 18.5. The Morgan fingerprint density at radius 3 is 2.19 bits per heavy atom. The Hall–Kier alpha value is -2.84. The first-order chi connectivity index (χ1) is 27.0. The van der Waals surface area contributed by atoms with Crippen LogP contribution in [0.4, 0.5) is 18.0 Å². The number of unbranched alkanes of at least 4 members (excludes halogenated alkanes) is 3. The Labute approximate surface area is 348 Å². The summed E-state index contributed by atoms with van der Waals surface area (Å²) in [6.45, 7) is 17.6. The number of ketones is 1. The lowest BCUT2D eigenvalue weighted by Crippen LogP contribution is -2.60. The first-order valence-corrected chi connectivity index (χ1v) is 22.1. The highest BCUT2D eigenvalue weighted by Gasteiger charge is 2.59. The molecule has 0 heterocycles. The van der Waals surface area contributed by atoms with E-state index in [2.05, 4.69) is 38.3 Å². The minimum absolute atomic E-state index is 0.0724. The van der Waals surface area contributed by atoms with Crippen molar-refractivity contribution in [1.29, 1.82) is 0 Å². The van der Waals surface area contributed by atoms with Gasteiger partial charge >= 0.3 is 24.1 Å². The van der Waals surface area contributed by atoms with Crippen LogP contribution in [0.2, 0.25) is 0 Å².